The van der Waals surface area contributed by atoms with Crippen LogP contribution in [0.25, 0.3) is 0 Å². The number of ether oxygens (including phenoxy) is 1. The largest absolute Gasteiger partial charge is 0.452 e. The van der Waals surface area contributed by atoms with Crippen LogP contribution in [0.15, 0.2) is 18.2 Å². The summed E-state index contributed by atoms with van der Waals surface area (Å²) < 4.78 is 5.15. The van der Waals surface area contributed by atoms with E-state index in [1.807, 2.05) is 0 Å². The molecule has 6 nitrogen and oxygen atoms in total. The summed E-state index contributed by atoms with van der Waals surface area (Å²) in [6.45, 7) is 2.40. The number of nitrogens with one attached hydrogen (secondary N) is 1. The summed E-state index contributed by atoms with van der Waals surface area (Å²) in [5.41, 5.74) is 0.780. The van der Waals surface area contributed by atoms with Gasteiger partial charge in [-0.1, -0.05) is 31.4 Å². The second-order valence-electron chi connectivity index (χ2n) is 7.33. The number of halogens is 1. The number of anilines is 1. The Bertz CT molecular complexity index is 737. The number of amides is 2. The van der Waals surface area contributed by atoms with Gasteiger partial charge in [-0.2, -0.15) is 0 Å². The van der Waals surface area contributed by atoms with Gasteiger partial charge in [0, 0.05) is 19.0 Å². The predicted octanol–water partition coefficient (Wildman–Crippen LogP) is 3.32. The van der Waals surface area contributed by atoms with E-state index in [1.165, 1.54) is 12.5 Å². The molecular formula is C20H25ClN2O4. The summed E-state index contributed by atoms with van der Waals surface area (Å²) in [5.74, 6) is -0.462. The molecule has 1 N–H and O–H groups in total. The maximum atomic E-state index is 12.3. The molecule has 0 aromatic heterocycles. The highest BCUT2D eigenvalue weighted by Gasteiger charge is 2.25. The van der Waals surface area contributed by atoms with E-state index in [2.05, 4.69) is 12.2 Å². The highest BCUT2D eigenvalue weighted by Crippen LogP contribution is 2.30. The van der Waals surface area contributed by atoms with Crippen LogP contribution in [0.3, 0.4) is 0 Å². The minimum Gasteiger partial charge on any atom is -0.452 e. The van der Waals surface area contributed by atoms with Gasteiger partial charge in [0.15, 0.2) is 6.61 Å². The summed E-state index contributed by atoms with van der Waals surface area (Å²) in [7, 11) is 0. The molecule has 3 rings (SSSR count). The van der Waals surface area contributed by atoms with Crippen molar-refractivity contribution in [2.75, 3.05) is 18.1 Å². The SMILES string of the molecule is C[C@H]1CCCC[C@@H]1NC(=O)COC(=O)c1ccc(Cl)c(N2CCCC2=O)c1. The molecule has 0 radical (unpaired) electrons. The van der Waals surface area contributed by atoms with E-state index in [4.69, 9.17) is 16.3 Å². The number of carbonyl (C=O) groups excluding carboxylic acids is 3. The molecular weight excluding hydrogens is 368 g/mol. The number of nitrogens with zero attached hydrogens (tertiary/aromatic N) is 1. The van der Waals surface area contributed by atoms with Gasteiger partial charge in [0.25, 0.3) is 5.91 Å². The van der Waals surface area contributed by atoms with Crippen LogP contribution in [0.4, 0.5) is 5.69 Å². The van der Waals surface area contributed by atoms with Crippen molar-refractivity contribution in [3.05, 3.63) is 28.8 Å². The number of carbonyl (C=O) groups is 3. The Labute approximate surface area is 164 Å². The van der Waals surface area contributed by atoms with Gasteiger partial charge in [-0.15, -0.1) is 0 Å². The number of hydrogen-bond donors (Lipinski definition) is 1. The van der Waals surface area contributed by atoms with Crippen molar-refractivity contribution in [3.63, 3.8) is 0 Å². The number of esters is 1. The van der Waals surface area contributed by atoms with Crippen LogP contribution in [0.1, 0.15) is 55.8 Å². The topological polar surface area (TPSA) is 75.7 Å². The van der Waals surface area contributed by atoms with Crippen LogP contribution in [-0.4, -0.2) is 37.0 Å². The molecule has 1 heterocycles. The van der Waals surface area contributed by atoms with E-state index in [0.717, 1.165) is 25.7 Å². The van der Waals surface area contributed by atoms with Gasteiger partial charge in [-0.3, -0.25) is 9.59 Å². The van der Waals surface area contributed by atoms with Crippen LogP contribution in [0, 0.1) is 5.92 Å². The van der Waals surface area contributed by atoms with Crippen LogP contribution in [-0.2, 0) is 14.3 Å². The summed E-state index contributed by atoms with van der Waals surface area (Å²) in [4.78, 5) is 37.9. The van der Waals surface area contributed by atoms with E-state index in [1.54, 1.807) is 17.0 Å². The average Bonchev–Trinajstić information content (AvgIpc) is 3.08. The molecule has 1 aromatic rings. The second-order valence-corrected chi connectivity index (χ2v) is 7.73. The third-order valence-electron chi connectivity index (χ3n) is 5.34. The molecule has 2 atom stereocenters. The lowest BCUT2D eigenvalue weighted by Gasteiger charge is -2.29. The smallest absolute Gasteiger partial charge is 0.338 e. The molecule has 146 valence electrons. The molecule has 27 heavy (non-hydrogen) atoms. The quantitative estimate of drug-likeness (QED) is 0.780. The zero-order valence-corrected chi connectivity index (χ0v) is 16.3. The lowest BCUT2D eigenvalue weighted by atomic mass is 9.86. The van der Waals surface area contributed by atoms with E-state index in [-0.39, 0.29) is 30.0 Å². The number of rotatable bonds is 5. The van der Waals surface area contributed by atoms with Crippen molar-refractivity contribution < 1.29 is 19.1 Å². The molecule has 0 spiro atoms. The molecule has 0 unspecified atom stereocenters. The van der Waals surface area contributed by atoms with Gasteiger partial charge < -0.3 is 15.0 Å². The van der Waals surface area contributed by atoms with E-state index in [0.29, 0.717) is 29.6 Å². The molecule has 2 aliphatic rings. The molecule has 2 amide bonds. The Hall–Kier alpha value is -2.08. The van der Waals surface area contributed by atoms with Gasteiger partial charge >= 0.3 is 5.97 Å². The summed E-state index contributed by atoms with van der Waals surface area (Å²) >= 11 is 6.19. The number of hydrogen-bond acceptors (Lipinski definition) is 4. The monoisotopic (exact) mass is 392 g/mol. The lowest BCUT2D eigenvalue weighted by molar-refractivity contribution is -0.125. The fourth-order valence-corrected chi connectivity index (χ4v) is 3.96. The Morgan fingerprint density at radius 3 is 2.74 bits per heavy atom. The van der Waals surface area contributed by atoms with Gasteiger partial charge in [0.05, 0.1) is 16.3 Å². The molecule has 1 aliphatic heterocycles. The first-order valence-electron chi connectivity index (χ1n) is 9.52. The van der Waals surface area contributed by atoms with Crippen molar-refractivity contribution in [2.45, 2.75) is 51.5 Å². The highest BCUT2D eigenvalue weighted by atomic mass is 35.5. The van der Waals surface area contributed by atoms with Crippen molar-refractivity contribution in [1.82, 2.24) is 5.32 Å². The predicted molar refractivity (Wildman–Crippen MR) is 103 cm³/mol. The van der Waals surface area contributed by atoms with Gasteiger partial charge in [0.1, 0.15) is 0 Å². The van der Waals surface area contributed by atoms with Crippen molar-refractivity contribution in [1.29, 1.82) is 0 Å². The first-order chi connectivity index (χ1) is 13.0. The maximum absolute atomic E-state index is 12.3. The maximum Gasteiger partial charge on any atom is 0.338 e. The fraction of sp³-hybridized carbons (Fsp3) is 0.550. The summed E-state index contributed by atoms with van der Waals surface area (Å²) in [6, 6.07) is 4.81. The normalized spacial score (nSPS) is 22.6. The van der Waals surface area contributed by atoms with Crippen molar-refractivity contribution >= 4 is 35.1 Å². The van der Waals surface area contributed by atoms with Crippen LogP contribution >= 0.6 is 11.6 Å². The first kappa shape index (κ1) is 19.7. The fourth-order valence-electron chi connectivity index (χ4n) is 3.74. The third-order valence-corrected chi connectivity index (χ3v) is 5.66. The second kappa shape index (κ2) is 8.74. The summed E-state index contributed by atoms with van der Waals surface area (Å²) in [5, 5.41) is 3.36. The first-order valence-corrected chi connectivity index (χ1v) is 9.90. The molecule has 1 aliphatic carbocycles. The lowest BCUT2D eigenvalue weighted by Crippen LogP contribution is -2.42. The third kappa shape index (κ3) is 4.80. The Kier molecular flexibility index (Phi) is 6.37. The molecule has 0 bridgehead atoms. The van der Waals surface area contributed by atoms with E-state index in [9.17, 15) is 14.4 Å². The standard InChI is InChI=1S/C20H25ClN2O4/c1-13-5-2-3-6-16(13)22-18(24)12-27-20(26)14-8-9-15(21)17(11-14)23-10-4-7-19(23)25/h8-9,11,13,16H,2-7,10,12H2,1H3,(H,22,24)/t13-,16-/m0/s1. The Morgan fingerprint density at radius 1 is 1.26 bits per heavy atom. The van der Waals surface area contributed by atoms with Gasteiger partial charge in [-0.25, -0.2) is 4.79 Å². The van der Waals surface area contributed by atoms with Crippen molar-refractivity contribution in [3.8, 4) is 0 Å². The van der Waals surface area contributed by atoms with Crippen LogP contribution < -0.4 is 10.2 Å². The minimum atomic E-state index is -0.605. The highest BCUT2D eigenvalue weighted by molar-refractivity contribution is 6.34. The van der Waals surface area contributed by atoms with E-state index < -0.39 is 5.97 Å². The zero-order chi connectivity index (χ0) is 19.4. The average molecular weight is 393 g/mol. The molecule has 1 aromatic carbocycles. The molecule has 1 saturated heterocycles. The molecule has 7 heteroatoms. The molecule has 1 saturated carbocycles. The van der Waals surface area contributed by atoms with Gasteiger partial charge in [0.2, 0.25) is 5.91 Å². The summed E-state index contributed by atoms with van der Waals surface area (Å²) in [6.07, 6.45) is 5.62. The Morgan fingerprint density at radius 2 is 2.04 bits per heavy atom. The van der Waals surface area contributed by atoms with Crippen LogP contribution in [0.5, 0.6) is 0 Å². The van der Waals surface area contributed by atoms with Crippen molar-refractivity contribution in [2.24, 2.45) is 5.92 Å². The van der Waals surface area contributed by atoms with Crippen LogP contribution in [0.2, 0.25) is 5.02 Å². The number of benzene rings is 1. The van der Waals surface area contributed by atoms with E-state index >= 15 is 0 Å². The molecule has 2 fully saturated rings. The Balaban J connectivity index is 1.57. The minimum absolute atomic E-state index is 0.0107. The van der Waals surface area contributed by atoms with Gasteiger partial charge in [-0.05, 0) is 43.4 Å². The zero-order valence-electron chi connectivity index (χ0n) is 15.5.